The predicted molar refractivity (Wildman–Crippen MR) is 77.5 cm³/mol. The molecule has 1 atom stereocenters. The van der Waals surface area contributed by atoms with Crippen molar-refractivity contribution in [3.63, 3.8) is 0 Å². The van der Waals surface area contributed by atoms with Gasteiger partial charge in [-0.15, -0.1) is 0 Å². The number of hydrogen-bond acceptors (Lipinski definition) is 3. The summed E-state index contributed by atoms with van der Waals surface area (Å²) in [6.45, 7) is 5.60. The van der Waals surface area contributed by atoms with Gasteiger partial charge in [0.05, 0.1) is 6.61 Å². The summed E-state index contributed by atoms with van der Waals surface area (Å²) in [5.74, 6) is 1.62. The molecule has 1 aliphatic carbocycles. The van der Waals surface area contributed by atoms with E-state index in [1.165, 1.54) is 25.7 Å². The molecule has 19 heavy (non-hydrogen) atoms. The van der Waals surface area contributed by atoms with E-state index >= 15 is 0 Å². The zero-order valence-electron chi connectivity index (χ0n) is 12.0. The van der Waals surface area contributed by atoms with Crippen LogP contribution in [0.15, 0.2) is 18.2 Å². The van der Waals surface area contributed by atoms with Gasteiger partial charge < -0.3 is 15.2 Å². The van der Waals surface area contributed by atoms with Crippen molar-refractivity contribution in [2.45, 2.75) is 52.1 Å². The van der Waals surface area contributed by atoms with Crippen molar-refractivity contribution in [2.75, 3.05) is 6.61 Å². The zero-order valence-corrected chi connectivity index (χ0v) is 12.0. The number of nitrogens with one attached hydrogen (secondary N) is 1. The first kappa shape index (κ1) is 14.2. The highest BCUT2D eigenvalue weighted by molar-refractivity contribution is 5.41. The fraction of sp³-hybridized carbons (Fsp3) is 0.625. The summed E-state index contributed by atoms with van der Waals surface area (Å²) in [4.78, 5) is 0. The molecule has 3 heteroatoms. The fourth-order valence-electron chi connectivity index (χ4n) is 2.84. The second-order valence-electron chi connectivity index (χ2n) is 5.45. The summed E-state index contributed by atoms with van der Waals surface area (Å²) < 4.78 is 5.41. The monoisotopic (exact) mass is 263 g/mol. The number of rotatable bonds is 6. The Balaban J connectivity index is 1.89. The molecular weight excluding hydrogens is 238 g/mol. The Bertz CT molecular complexity index is 400. The van der Waals surface area contributed by atoms with E-state index in [0.717, 1.165) is 18.0 Å². The van der Waals surface area contributed by atoms with Crippen LogP contribution in [-0.4, -0.2) is 17.8 Å². The van der Waals surface area contributed by atoms with Crippen LogP contribution in [0.4, 0.5) is 0 Å². The molecule has 3 nitrogen and oxygen atoms in total. The first-order valence-corrected chi connectivity index (χ1v) is 7.38. The van der Waals surface area contributed by atoms with Crippen LogP contribution in [0.2, 0.25) is 0 Å². The molecule has 0 spiro atoms. The molecule has 2 rings (SSSR count). The van der Waals surface area contributed by atoms with Gasteiger partial charge in [-0.25, -0.2) is 0 Å². The standard InChI is InChI=1S/C16H25NO2/c1-3-19-16-10-13(8-9-15(16)18)11-17-12(2)14-6-4-5-7-14/h8-10,12,14,17-18H,3-7,11H2,1-2H3/t12-/m0/s1. The van der Waals surface area contributed by atoms with Gasteiger partial charge in [-0.2, -0.15) is 0 Å². The van der Waals surface area contributed by atoms with Gasteiger partial charge in [0.15, 0.2) is 11.5 Å². The summed E-state index contributed by atoms with van der Waals surface area (Å²) in [7, 11) is 0. The molecule has 1 saturated carbocycles. The van der Waals surface area contributed by atoms with Gasteiger partial charge in [-0.1, -0.05) is 18.9 Å². The summed E-state index contributed by atoms with van der Waals surface area (Å²) in [5.41, 5.74) is 1.16. The Morgan fingerprint density at radius 1 is 1.37 bits per heavy atom. The van der Waals surface area contributed by atoms with Crippen molar-refractivity contribution in [3.8, 4) is 11.5 Å². The van der Waals surface area contributed by atoms with E-state index in [2.05, 4.69) is 12.2 Å². The van der Waals surface area contributed by atoms with Crippen molar-refractivity contribution >= 4 is 0 Å². The molecule has 1 aromatic carbocycles. The van der Waals surface area contributed by atoms with Crippen LogP contribution in [0.5, 0.6) is 11.5 Å². The minimum atomic E-state index is 0.217. The van der Waals surface area contributed by atoms with E-state index in [9.17, 15) is 5.11 Å². The molecule has 0 unspecified atom stereocenters. The molecule has 1 fully saturated rings. The summed E-state index contributed by atoms with van der Waals surface area (Å²) in [6, 6.07) is 6.15. The van der Waals surface area contributed by atoms with Crippen molar-refractivity contribution in [1.82, 2.24) is 5.32 Å². The Morgan fingerprint density at radius 3 is 2.79 bits per heavy atom. The topological polar surface area (TPSA) is 41.5 Å². The fourth-order valence-corrected chi connectivity index (χ4v) is 2.84. The second kappa shape index (κ2) is 6.80. The number of phenols is 1. The normalized spacial score (nSPS) is 17.6. The van der Waals surface area contributed by atoms with Gasteiger partial charge >= 0.3 is 0 Å². The van der Waals surface area contributed by atoms with E-state index in [0.29, 0.717) is 18.4 Å². The average Bonchev–Trinajstić information content (AvgIpc) is 2.93. The van der Waals surface area contributed by atoms with E-state index in [4.69, 9.17) is 4.74 Å². The third-order valence-corrected chi connectivity index (χ3v) is 4.06. The lowest BCUT2D eigenvalue weighted by Crippen LogP contribution is -2.31. The summed E-state index contributed by atoms with van der Waals surface area (Å²) in [6.07, 6.45) is 5.47. The van der Waals surface area contributed by atoms with Crippen LogP contribution in [0.1, 0.15) is 45.1 Å². The zero-order chi connectivity index (χ0) is 13.7. The third-order valence-electron chi connectivity index (χ3n) is 4.06. The molecule has 0 radical (unpaired) electrons. The number of phenolic OH excluding ortho intramolecular Hbond substituents is 1. The van der Waals surface area contributed by atoms with Crippen molar-refractivity contribution in [1.29, 1.82) is 0 Å². The number of benzene rings is 1. The first-order chi connectivity index (χ1) is 9.20. The number of aromatic hydroxyl groups is 1. The number of ether oxygens (including phenoxy) is 1. The van der Waals surface area contributed by atoms with Crippen LogP contribution in [0.25, 0.3) is 0 Å². The van der Waals surface area contributed by atoms with Crippen LogP contribution < -0.4 is 10.1 Å². The molecule has 1 aromatic rings. The maximum absolute atomic E-state index is 9.67. The highest BCUT2D eigenvalue weighted by Crippen LogP contribution is 2.29. The molecule has 0 bridgehead atoms. The molecule has 1 aliphatic rings. The van der Waals surface area contributed by atoms with Gasteiger partial charge in [-0.3, -0.25) is 0 Å². The lowest BCUT2D eigenvalue weighted by atomic mass is 9.99. The van der Waals surface area contributed by atoms with Crippen molar-refractivity contribution < 1.29 is 9.84 Å². The van der Waals surface area contributed by atoms with Gasteiger partial charge in [0.2, 0.25) is 0 Å². The van der Waals surface area contributed by atoms with Gasteiger partial charge in [-0.05, 0) is 50.3 Å². The molecule has 2 N–H and O–H groups in total. The van der Waals surface area contributed by atoms with E-state index in [-0.39, 0.29) is 5.75 Å². The minimum Gasteiger partial charge on any atom is -0.504 e. The number of hydrogen-bond donors (Lipinski definition) is 2. The maximum Gasteiger partial charge on any atom is 0.161 e. The highest BCUT2D eigenvalue weighted by atomic mass is 16.5. The van der Waals surface area contributed by atoms with Gasteiger partial charge in [0.25, 0.3) is 0 Å². The Kier molecular flexibility index (Phi) is 5.08. The summed E-state index contributed by atoms with van der Waals surface area (Å²) >= 11 is 0. The molecular formula is C16H25NO2. The predicted octanol–water partition coefficient (Wildman–Crippen LogP) is 3.46. The highest BCUT2D eigenvalue weighted by Gasteiger charge is 2.20. The Labute approximate surface area is 116 Å². The third kappa shape index (κ3) is 3.87. The smallest absolute Gasteiger partial charge is 0.161 e. The van der Waals surface area contributed by atoms with Crippen LogP contribution in [0, 0.1) is 5.92 Å². The van der Waals surface area contributed by atoms with Crippen molar-refractivity contribution in [3.05, 3.63) is 23.8 Å². The van der Waals surface area contributed by atoms with Gasteiger partial charge in [0.1, 0.15) is 0 Å². The SMILES string of the molecule is CCOc1cc(CN[C@@H](C)C2CCCC2)ccc1O. The largest absolute Gasteiger partial charge is 0.504 e. The Hall–Kier alpha value is -1.22. The summed E-state index contributed by atoms with van der Waals surface area (Å²) in [5, 5.41) is 13.3. The van der Waals surface area contributed by atoms with Crippen LogP contribution in [-0.2, 0) is 6.54 Å². The maximum atomic E-state index is 9.67. The minimum absolute atomic E-state index is 0.217. The molecule has 0 amide bonds. The lowest BCUT2D eigenvalue weighted by molar-refractivity contribution is 0.317. The van der Waals surface area contributed by atoms with E-state index < -0.39 is 0 Å². The first-order valence-electron chi connectivity index (χ1n) is 7.38. The average molecular weight is 263 g/mol. The van der Waals surface area contributed by atoms with E-state index in [1.54, 1.807) is 6.07 Å². The second-order valence-corrected chi connectivity index (χ2v) is 5.45. The lowest BCUT2D eigenvalue weighted by Gasteiger charge is -2.20. The molecule has 0 aromatic heterocycles. The quantitative estimate of drug-likeness (QED) is 0.826. The van der Waals surface area contributed by atoms with Crippen LogP contribution >= 0.6 is 0 Å². The molecule has 0 aliphatic heterocycles. The van der Waals surface area contributed by atoms with Gasteiger partial charge in [0, 0.05) is 12.6 Å². The Morgan fingerprint density at radius 2 is 2.11 bits per heavy atom. The van der Waals surface area contributed by atoms with Crippen LogP contribution in [0.3, 0.4) is 0 Å². The molecule has 0 saturated heterocycles. The molecule has 106 valence electrons. The van der Waals surface area contributed by atoms with Crippen molar-refractivity contribution in [2.24, 2.45) is 5.92 Å². The molecule has 0 heterocycles. The van der Waals surface area contributed by atoms with E-state index in [1.807, 2.05) is 19.1 Å².